The van der Waals surface area contributed by atoms with Crippen LogP contribution in [0, 0.1) is 0 Å². The van der Waals surface area contributed by atoms with Gasteiger partial charge in [-0.15, -0.1) is 0 Å². The summed E-state index contributed by atoms with van der Waals surface area (Å²) in [4.78, 5) is 112. The molecule has 4 aromatic rings. The van der Waals surface area contributed by atoms with E-state index in [2.05, 4.69) is 10.6 Å². The van der Waals surface area contributed by atoms with Gasteiger partial charge in [0, 0.05) is 53.4 Å². The first-order valence-electron chi connectivity index (χ1n) is 29.9. The molecule has 4 aromatic carbocycles. The van der Waals surface area contributed by atoms with Crippen LogP contribution in [0.15, 0.2) is 119 Å². The molecule has 2 spiro atoms. The standard InChI is InChI=1S/C61H68N8O18S6/c1-39(70)85-37-60-51(74)66-47-56(35-58(66,88-90-60)49(72)64(60)5,42-23-13-15-25-44(42)68(47)92(78,79)40-19-9-7-10-20-40)57-36-59-50(73)65(6)61(91-89-59,52(75)67(59)48(57)69(45-26-16-14-24-43(45)57)93(80,81)41-21-11-8-12-22-41)38-86-54(77)84-30-18-17-27-46(71)62-28-31-82-33-34-83-32-29-63-53(76)87-55(2,3)4/h7-16,19-26,47-48H,17-18,27-38H2,1-6H3,(H,62,71)(H,63,76)/t47-,48-,56-,57?,58-,59-,60+,61+/m0/s1. The zero-order valence-electron chi connectivity index (χ0n) is 51.4. The summed E-state index contributed by atoms with van der Waals surface area (Å²) in [5.41, 5.74) is -3.92. The van der Waals surface area contributed by atoms with E-state index in [4.69, 9.17) is 28.4 Å². The van der Waals surface area contributed by atoms with E-state index in [9.17, 15) is 19.2 Å². The second-order valence-corrected chi connectivity index (χ2v) is 33.5. The van der Waals surface area contributed by atoms with Gasteiger partial charge in [0.25, 0.3) is 43.7 Å². The smallest absolute Gasteiger partial charge is 0.462 e. The number of piperazine rings is 2. The van der Waals surface area contributed by atoms with Crippen molar-refractivity contribution >= 4 is 122 Å². The topological polar surface area (TPSA) is 304 Å². The minimum atomic E-state index is -4.87. The molecule has 8 atom stereocenters. The van der Waals surface area contributed by atoms with Gasteiger partial charge in [0.05, 0.1) is 65.0 Å². The molecule has 8 fully saturated rings. The number of likely N-dealkylation sites (N-methyl/N-ethyl adjacent to an activating group) is 2. The van der Waals surface area contributed by atoms with Crippen molar-refractivity contribution in [2.75, 3.05) is 82.0 Å². The first kappa shape index (κ1) is 66.1. The van der Waals surface area contributed by atoms with Gasteiger partial charge in [-0.05, 0) is 103 Å². The van der Waals surface area contributed by atoms with Crippen molar-refractivity contribution in [2.45, 2.75) is 118 Å². The van der Waals surface area contributed by atoms with Crippen molar-refractivity contribution in [2.24, 2.45) is 0 Å². The third-order valence-electron chi connectivity index (χ3n) is 18.1. The van der Waals surface area contributed by atoms with Crippen LogP contribution < -0.4 is 19.2 Å². The number of amides is 6. The highest BCUT2D eigenvalue weighted by molar-refractivity contribution is 8.78. The Hall–Kier alpha value is -6.94. The second-order valence-electron chi connectivity index (χ2n) is 24.5. The maximum atomic E-state index is 16.5. The fourth-order valence-corrected chi connectivity index (χ4v) is 24.9. The average molecular weight is 1390 g/mol. The number of hydrogen-bond acceptors (Lipinski definition) is 22. The molecular formula is C61H68N8O18S6. The molecule has 6 amide bonds. The summed E-state index contributed by atoms with van der Waals surface area (Å²) in [6.07, 6.45) is -5.48. The molecule has 2 N–H and O–H groups in total. The number of nitrogens with one attached hydrogen (secondary N) is 2. The molecule has 496 valence electrons. The fourth-order valence-electron chi connectivity index (χ4n) is 14.2. The van der Waals surface area contributed by atoms with Crippen molar-refractivity contribution in [1.82, 2.24) is 30.2 Å². The monoisotopic (exact) mass is 1390 g/mol. The van der Waals surface area contributed by atoms with Gasteiger partial charge in [0.1, 0.15) is 31.1 Å². The molecule has 0 aromatic heterocycles. The quantitative estimate of drug-likeness (QED) is 0.0402. The van der Waals surface area contributed by atoms with Crippen LogP contribution in [-0.4, -0.2) is 195 Å². The fraction of sp³-hybridized carbons (Fsp3) is 0.475. The largest absolute Gasteiger partial charge is 0.508 e. The highest BCUT2D eigenvalue weighted by Gasteiger charge is 2.90. The highest BCUT2D eigenvalue weighted by Crippen LogP contribution is 2.81. The molecule has 8 saturated heterocycles. The van der Waals surface area contributed by atoms with E-state index >= 15 is 36.0 Å². The SMILES string of the molecule is CC(=O)OC[C@@]12SS[C@@]3(C[C@]4(C56C[C@@]78SS[C@](COC(=O)OCCCCC(=O)NCCOCCOCCNC(=O)OC(C)(C)C)(C(=O)N7[C@H]5N(S(=O)(=O)c5ccccc5)c5ccccc56)N(C)C8=O)c5ccccc5N(S(=O)(=O)c5ccccc5)[C@@H]4N3C1=O)C(=O)N2C. The summed E-state index contributed by atoms with van der Waals surface area (Å²) < 4.78 is 99.7. The van der Waals surface area contributed by atoms with Crippen molar-refractivity contribution in [3.63, 3.8) is 0 Å². The maximum absolute atomic E-state index is 16.5. The summed E-state index contributed by atoms with van der Waals surface area (Å²) in [5, 5.41) is 5.36. The Balaban J connectivity index is 0.854. The predicted molar refractivity (Wildman–Crippen MR) is 342 cm³/mol. The molecule has 14 rings (SSSR count). The lowest BCUT2D eigenvalue weighted by atomic mass is 9.54. The number of ether oxygens (including phenoxy) is 6. The number of fused-ring (bicyclic) bond motifs is 11. The lowest BCUT2D eigenvalue weighted by molar-refractivity contribution is -0.169. The number of benzene rings is 4. The summed E-state index contributed by atoms with van der Waals surface area (Å²) in [6.45, 7) is 6.35. The molecule has 26 nitrogen and oxygen atoms in total. The zero-order chi connectivity index (χ0) is 66.3. The van der Waals surface area contributed by atoms with Gasteiger partial charge < -0.3 is 48.9 Å². The normalized spacial score (nSPS) is 27.9. The van der Waals surface area contributed by atoms with Crippen LogP contribution in [-0.2, 0) is 88.1 Å². The van der Waals surface area contributed by atoms with Crippen LogP contribution in [0.25, 0.3) is 0 Å². The third kappa shape index (κ3) is 10.2. The van der Waals surface area contributed by atoms with E-state index in [1.165, 1.54) is 82.2 Å². The molecule has 0 aliphatic carbocycles. The maximum Gasteiger partial charge on any atom is 0.508 e. The van der Waals surface area contributed by atoms with E-state index in [0.29, 0.717) is 6.42 Å². The summed E-state index contributed by atoms with van der Waals surface area (Å²) in [6, 6.07) is 28.1. The minimum absolute atomic E-state index is 0.0700. The second kappa shape index (κ2) is 24.4. The number of carbonyl (C=O) groups is 8. The van der Waals surface area contributed by atoms with Gasteiger partial charge in [0.15, 0.2) is 9.74 Å². The predicted octanol–water partition coefficient (Wildman–Crippen LogP) is 5.48. The molecule has 0 saturated carbocycles. The van der Waals surface area contributed by atoms with E-state index in [-0.39, 0.29) is 97.2 Å². The number of para-hydroxylation sites is 2. The van der Waals surface area contributed by atoms with Crippen molar-refractivity contribution in [1.29, 1.82) is 0 Å². The van der Waals surface area contributed by atoms with Crippen LogP contribution in [0.4, 0.5) is 21.0 Å². The Bertz CT molecular complexity index is 3950. The molecular weight excluding hydrogens is 1330 g/mol. The number of alkyl carbamates (subject to hydrolysis) is 1. The Morgan fingerprint density at radius 2 is 0.989 bits per heavy atom. The van der Waals surface area contributed by atoms with E-state index in [1.807, 2.05) is 0 Å². The lowest BCUT2D eigenvalue weighted by Crippen LogP contribution is -2.78. The van der Waals surface area contributed by atoms with E-state index in [1.54, 1.807) is 81.4 Å². The Labute approximate surface area is 553 Å². The van der Waals surface area contributed by atoms with Crippen molar-refractivity contribution < 1.29 is 83.6 Å². The Kier molecular flexibility index (Phi) is 17.3. The number of sulfonamides is 2. The van der Waals surface area contributed by atoms with Crippen LogP contribution in [0.3, 0.4) is 0 Å². The highest BCUT2D eigenvalue weighted by atomic mass is 33.1. The van der Waals surface area contributed by atoms with Crippen molar-refractivity contribution in [3.8, 4) is 0 Å². The number of anilines is 2. The number of unbranched alkanes of at least 4 members (excludes halogenated alkanes) is 1. The minimum Gasteiger partial charge on any atom is -0.462 e. The first-order valence-corrected chi connectivity index (χ1v) is 37.1. The first-order chi connectivity index (χ1) is 44.2. The lowest BCUT2D eigenvalue weighted by Gasteiger charge is -2.58. The van der Waals surface area contributed by atoms with E-state index in [0.717, 1.165) is 58.7 Å². The number of esters is 1. The van der Waals surface area contributed by atoms with Crippen LogP contribution in [0.1, 0.15) is 70.9 Å². The third-order valence-corrected chi connectivity index (χ3v) is 28.9. The van der Waals surface area contributed by atoms with Gasteiger partial charge in [-0.2, -0.15) is 0 Å². The van der Waals surface area contributed by atoms with Gasteiger partial charge in [-0.3, -0.25) is 38.6 Å². The molecule has 32 heteroatoms. The van der Waals surface area contributed by atoms with E-state index < -0.39 is 136 Å². The van der Waals surface area contributed by atoms with Gasteiger partial charge in [-0.25, -0.2) is 35.0 Å². The van der Waals surface area contributed by atoms with Crippen LogP contribution in [0.2, 0.25) is 0 Å². The summed E-state index contributed by atoms with van der Waals surface area (Å²) in [5.74, 6) is -3.98. The molecule has 4 bridgehead atoms. The van der Waals surface area contributed by atoms with Crippen molar-refractivity contribution in [3.05, 3.63) is 120 Å². The Morgan fingerprint density at radius 1 is 0.548 bits per heavy atom. The summed E-state index contributed by atoms with van der Waals surface area (Å²) in [7, 11) is -3.03. The Morgan fingerprint density at radius 3 is 1.45 bits per heavy atom. The molecule has 10 aliphatic heterocycles. The molecule has 10 aliphatic rings. The van der Waals surface area contributed by atoms with Gasteiger partial charge in [0.2, 0.25) is 15.6 Å². The number of rotatable bonds is 23. The number of nitrogens with zero attached hydrogens (tertiary/aromatic N) is 6. The van der Waals surface area contributed by atoms with Crippen LogP contribution >= 0.6 is 43.2 Å². The summed E-state index contributed by atoms with van der Waals surface area (Å²) >= 11 is 0. The average Bonchev–Trinajstić information content (AvgIpc) is 1.44. The number of hydrogen-bond donors (Lipinski definition) is 2. The van der Waals surface area contributed by atoms with Crippen LogP contribution in [0.5, 0.6) is 0 Å². The molecule has 93 heavy (non-hydrogen) atoms. The molecule has 1 unspecified atom stereocenters. The molecule has 10 heterocycles. The zero-order valence-corrected chi connectivity index (χ0v) is 56.3. The number of carbonyl (C=O) groups excluding carboxylic acids is 8. The van der Waals surface area contributed by atoms with Gasteiger partial charge >= 0.3 is 18.2 Å². The van der Waals surface area contributed by atoms with Gasteiger partial charge in [-0.1, -0.05) is 94.4 Å². The molecule has 0 radical (unpaired) electrons.